The van der Waals surface area contributed by atoms with E-state index in [1.807, 2.05) is 0 Å². The number of ether oxygens (including phenoxy) is 1. The van der Waals surface area contributed by atoms with Crippen molar-refractivity contribution in [1.82, 2.24) is 4.31 Å². The van der Waals surface area contributed by atoms with Gasteiger partial charge in [-0.15, -0.1) is 0 Å². The molecule has 0 aliphatic carbocycles. The number of primary amides is 1. The lowest BCUT2D eigenvalue weighted by Gasteiger charge is -2.30. The molecule has 0 saturated carbocycles. The Morgan fingerprint density at radius 2 is 1.50 bits per heavy atom. The number of carbonyl (C=O) groups is 2. The van der Waals surface area contributed by atoms with Crippen molar-refractivity contribution in [3.63, 3.8) is 0 Å². The Balaban J connectivity index is 1.63. The minimum atomic E-state index is -3.58. The van der Waals surface area contributed by atoms with E-state index in [1.54, 1.807) is 60.7 Å². The van der Waals surface area contributed by atoms with Crippen LogP contribution in [0.2, 0.25) is 0 Å². The van der Waals surface area contributed by atoms with E-state index in [0.717, 1.165) is 0 Å². The largest absolute Gasteiger partial charge is 0.447 e. The molecule has 2 aromatic carbocycles. The van der Waals surface area contributed by atoms with E-state index in [-0.39, 0.29) is 18.0 Å². The van der Waals surface area contributed by atoms with E-state index in [0.29, 0.717) is 18.4 Å². The summed E-state index contributed by atoms with van der Waals surface area (Å²) in [6.45, 7) is 0.424. The van der Waals surface area contributed by atoms with Gasteiger partial charge in [0.25, 0.3) is 5.91 Å². The number of carbonyl (C=O) groups excluding carboxylic acids is 2. The van der Waals surface area contributed by atoms with Gasteiger partial charge in [0.15, 0.2) is 0 Å². The Labute approximate surface area is 164 Å². The highest BCUT2D eigenvalue weighted by Crippen LogP contribution is 2.26. The van der Waals surface area contributed by atoms with Crippen LogP contribution in [0.3, 0.4) is 0 Å². The van der Waals surface area contributed by atoms with Gasteiger partial charge in [-0.25, -0.2) is 8.42 Å². The number of sulfonamides is 1. The maximum absolute atomic E-state index is 12.7. The van der Waals surface area contributed by atoms with Crippen molar-refractivity contribution >= 4 is 21.9 Å². The monoisotopic (exact) mass is 402 g/mol. The highest BCUT2D eigenvalue weighted by molar-refractivity contribution is 7.89. The van der Waals surface area contributed by atoms with Gasteiger partial charge >= 0.3 is 5.97 Å². The van der Waals surface area contributed by atoms with E-state index in [9.17, 15) is 18.0 Å². The molecule has 2 aromatic rings. The molecule has 0 aromatic heterocycles. The van der Waals surface area contributed by atoms with Gasteiger partial charge < -0.3 is 10.5 Å². The second-order valence-corrected chi connectivity index (χ2v) is 8.56. The molecule has 1 fully saturated rings. The zero-order valence-electron chi connectivity index (χ0n) is 15.2. The molecule has 1 atom stereocenters. The molecule has 1 unspecified atom stereocenters. The van der Waals surface area contributed by atoms with Crippen LogP contribution in [0.15, 0.2) is 65.6 Å². The van der Waals surface area contributed by atoms with Crippen LogP contribution in [0.5, 0.6) is 0 Å². The first-order valence-corrected chi connectivity index (χ1v) is 10.4. The van der Waals surface area contributed by atoms with E-state index in [1.165, 1.54) is 4.31 Å². The Morgan fingerprint density at radius 3 is 2.04 bits per heavy atom. The standard InChI is InChI=1S/C20H22N2O5S/c21-19(23)18(15-7-3-1-4-8-15)27-20(24)16-11-13-22(14-12-16)28(25,26)17-9-5-2-6-10-17/h1-10,16,18H,11-14H2,(H2,21,23). The molecular formula is C20H22N2O5S. The smallest absolute Gasteiger partial charge is 0.310 e. The molecule has 1 aliphatic heterocycles. The van der Waals surface area contributed by atoms with E-state index in [4.69, 9.17) is 10.5 Å². The minimum Gasteiger partial charge on any atom is -0.447 e. The zero-order chi connectivity index (χ0) is 20.1. The number of amides is 1. The molecule has 28 heavy (non-hydrogen) atoms. The third kappa shape index (κ3) is 4.40. The number of hydrogen-bond acceptors (Lipinski definition) is 5. The van der Waals surface area contributed by atoms with Crippen LogP contribution >= 0.6 is 0 Å². The molecule has 3 rings (SSSR count). The second-order valence-electron chi connectivity index (χ2n) is 6.62. The molecule has 7 nitrogen and oxygen atoms in total. The zero-order valence-corrected chi connectivity index (χ0v) is 16.0. The van der Waals surface area contributed by atoms with Crippen molar-refractivity contribution in [3.8, 4) is 0 Å². The number of piperidine rings is 1. The summed E-state index contributed by atoms with van der Waals surface area (Å²) >= 11 is 0. The number of benzene rings is 2. The lowest BCUT2D eigenvalue weighted by atomic mass is 9.98. The van der Waals surface area contributed by atoms with Gasteiger partial charge in [0.1, 0.15) is 0 Å². The third-order valence-corrected chi connectivity index (χ3v) is 6.68. The molecule has 1 saturated heterocycles. The number of hydrogen-bond donors (Lipinski definition) is 1. The highest BCUT2D eigenvalue weighted by Gasteiger charge is 2.34. The maximum Gasteiger partial charge on any atom is 0.310 e. The molecule has 1 amide bonds. The summed E-state index contributed by atoms with van der Waals surface area (Å²) in [5.74, 6) is -1.76. The van der Waals surface area contributed by atoms with Gasteiger partial charge in [-0.3, -0.25) is 9.59 Å². The quantitative estimate of drug-likeness (QED) is 0.742. The Hall–Kier alpha value is -2.71. The highest BCUT2D eigenvalue weighted by atomic mass is 32.2. The second kappa shape index (κ2) is 8.53. The normalized spacial score (nSPS) is 17.0. The van der Waals surface area contributed by atoms with Crippen LogP contribution in [-0.4, -0.2) is 37.7 Å². The van der Waals surface area contributed by atoms with Gasteiger partial charge in [0.2, 0.25) is 16.1 Å². The van der Waals surface area contributed by atoms with Crippen LogP contribution in [0.4, 0.5) is 0 Å². The van der Waals surface area contributed by atoms with E-state index >= 15 is 0 Å². The molecule has 0 radical (unpaired) electrons. The average molecular weight is 402 g/mol. The molecular weight excluding hydrogens is 380 g/mol. The van der Waals surface area contributed by atoms with Gasteiger partial charge in [-0.1, -0.05) is 48.5 Å². The van der Waals surface area contributed by atoms with Gasteiger partial charge in [-0.05, 0) is 25.0 Å². The van der Waals surface area contributed by atoms with Crippen LogP contribution in [-0.2, 0) is 24.3 Å². The number of rotatable bonds is 6. The number of nitrogens with two attached hydrogens (primary N) is 1. The van der Waals surface area contributed by atoms with Crippen molar-refractivity contribution < 1.29 is 22.7 Å². The van der Waals surface area contributed by atoms with Gasteiger partial charge in [0.05, 0.1) is 10.8 Å². The predicted molar refractivity (Wildman–Crippen MR) is 102 cm³/mol. The average Bonchev–Trinajstić information content (AvgIpc) is 2.73. The SMILES string of the molecule is NC(=O)C(OC(=O)C1CCN(S(=O)(=O)c2ccccc2)CC1)c1ccccc1. The molecule has 0 bridgehead atoms. The fourth-order valence-electron chi connectivity index (χ4n) is 3.20. The maximum atomic E-state index is 12.7. The predicted octanol–water partition coefficient (Wildman–Crippen LogP) is 1.86. The van der Waals surface area contributed by atoms with E-state index < -0.39 is 33.9 Å². The van der Waals surface area contributed by atoms with Crippen LogP contribution in [0.25, 0.3) is 0 Å². The molecule has 8 heteroatoms. The minimum absolute atomic E-state index is 0.212. The topological polar surface area (TPSA) is 107 Å². The van der Waals surface area contributed by atoms with Crippen molar-refractivity contribution in [2.24, 2.45) is 11.7 Å². The lowest BCUT2D eigenvalue weighted by molar-refractivity contribution is -0.160. The first kappa shape index (κ1) is 20.0. The lowest BCUT2D eigenvalue weighted by Crippen LogP contribution is -2.41. The van der Waals surface area contributed by atoms with Gasteiger partial charge in [-0.2, -0.15) is 4.31 Å². The molecule has 148 valence electrons. The first-order valence-electron chi connectivity index (χ1n) is 8.99. The van der Waals surface area contributed by atoms with Gasteiger partial charge in [0, 0.05) is 18.7 Å². The number of esters is 1. The molecule has 1 heterocycles. The van der Waals surface area contributed by atoms with Crippen LogP contribution in [0, 0.1) is 5.92 Å². The molecule has 0 spiro atoms. The fourth-order valence-corrected chi connectivity index (χ4v) is 4.69. The van der Waals surface area contributed by atoms with Crippen molar-refractivity contribution in [1.29, 1.82) is 0 Å². The van der Waals surface area contributed by atoms with Crippen LogP contribution < -0.4 is 5.73 Å². The Morgan fingerprint density at radius 1 is 0.964 bits per heavy atom. The molecule has 2 N–H and O–H groups in total. The van der Waals surface area contributed by atoms with Crippen molar-refractivity contribution in [2.75, 3.05) is 13.1 Å². The third-order valence-electron chi connectivity index (χ3n) is 4.76. The first-order chi connectivity index (χ1) is 13.4. The Bertz CT molecular complexity index is 924. The van der Waals surface area contributed by atoms with E-state index in [2.05, 4.69) is 0 Å². The Kier molecular flexibility index (Phi) is 6.11. The molecule has 1 aliphatic rings. The van der Waals surface area contributed by atoms with Crippen molar-refractivity contribution in [3.05, 3.63) is 66.2 Å². The summed E-state index contributed by atoms with van der Waals surface area (Å²) in [6.07, 6.45) is -0.504. The number of nitrogens with zero attached hydrogens (tertiary/aromatic N) is 1. The van der Waals surface area contributed by atoms with Crippen molar-refractivity contribution in [2.45, 2.75) is 23.8 Å². The fraction of sp³-hybridized carbons (Fsp3) is 0.300. The summed E-state index contributed by atoms with van der Waals surface area (Å²) < 4.78 is 32.1. The summed E-state index contributed by atoms with van der Waals surface area (Å²) in [6, 6.07) is 16.8. The summed E-state index contributed by atoms with van der Waals surface area (Å²) in [7, 11) is -3.58. The summed E-state index contributed by atoms with van der Waals surface area (Å²) in [5.41, 5.74) is 5.89. The van der Waals surface area contributed by atoms with Crippen LogP contribution in [0.1, 0.15) is 24.5 Å². The summed E-state index contributed by atoms with van der Waals surface area (Å²) in [4.78, 5) is 24.5. The summed E-state index contributed by atoms with van der Waals surface area (Å²) in [5, 5.41) is 0.